The number of rotatable bonds is 9. The molecule has 2 N–H and O–H groups in total. The van der Waals surface area contributed by atoms with Gasteiger partial charge in [-0.3, -0.25) is 15.1 Å². The van der Waals surface area contributed by atoms with Gasteiger partial charge in [-0.15, -0.1) is 0 Å². The predicted molar refractivity (Wildman–Crippen MR) is 114 cm³/mol. The van der Waals surface area contributed by atoms with Crippen molar-refractivity contribution in [2.45, 2.75) is 19.5 Å². The molecule has 0 amide bonds. The highest BCUT2D eigenvalue weighted by Crippen LogP contribution is 2.29. The summed E-state index contributed by atoms with van der Waals surface area (Å²) in [7, 11) is 3.18. The van der Waals surface area contributed by atoms with E-state index in [1.807, 2.05) is 31.2 Å². The van der Waals surface area contributed by atoms with Crippen LogP contribution in [0.2, 0.25) is 0 Å². The Hall–Kier alpha value is -3.88. The Morgan fingerprint density at radius 1 is 1.17 bits per heavy atom. The molecule has 0 radical (unpaired) electrons. The smallest absolute Gasteiger partial charge is 0.311 e. The number of anilines is 2. The lowest BCUT2D eigenvalue weighted by Crippen LogP contribution is -2.11. The lowest BCUT2D eigenvalue weighted by molar-refractivity contribution is -0.384. The molecule has 0 fully saturated rings. The quantitative estimate of drug-likeness (QED) is 0.400. The molecular formula is C21H23N5O4. The van der Waals surface area contributed by atoms with Gasteiger partial charge in [0.25, 0.3) is 0 Å². The molecule has 0 bridgehead atoms. The standard InChI is InChI=1S/C21H23N5O4/c1-14(15-5-4-10-22-12-15)24-21-18(26(27)28)8-9-20(25-21)23-13-16-6-7-17(29-2)11-19(16)30-3/h4-12,14H,13H2,1-3H3,(H2,23,24,25). The number of benzene rings is 1. The van der Waals surface area contributed by atoms with Crippen molar-refractivity contribution in [2.75, 3.05) is 24.9 Å². The molecule has 3 rings (SSSR count). The second-order valence-electron chi connectivity index (χ2n) is 6.51. The normalized spacial score (nSPS) is 11.4. The topological polar surface area (TPSA) is 111 Å². The highest BCUT2D eigenvalue weighted by Gasteiger charge is 2.19. The molecule has 0 aliphatic heterocycles. The number of aromatic nitrogens is 2. The summed E-state index contributed by atoms with van der Waals surface area (Å²) in [6, 6.07) is 12.0. The van der Waals surface area contributed by atoms with Gasteiger partial charge >= 0.3 is 5.69 Å². The molecular weight excluding hydrogens is 386 g/mol. The third-order valence-electron chi connectivity index (χ3n) is 4.56. The molecule has 9 heteroatoms. The zero-order valence-corrected chi connectivity index (χ0v) is 17.0. The Labute approximate surface area is 174 Å². The van der Waals surface area contributed by atoms with E-state index in [-0.39, 0.29) is 17.5 Å². The van der Waals surface area contributed by atoms with Gasteiger partial charge in [-0.2, -0.15) is 0 Å². The molecule has 0 aliphatic rings. The Bertz CT molecular complexity index is 1010. The molecule has 2 aromatic heterocycles. The van der Waals surface area contributed by atoms with E-state index >= 15 is 0 Å². The summed E-state index contributed by atoms with van der Waals surface area (Å²) in [5.74, 6) is 2.05. The average molecular weight is 409 g/mol. The second-order valence-corrected chi connectivity index (χ2v) is 6.51. The summed E-state index contributed by atoms with van der Waals surface area (Å²) in [6.45, 7) is 2.32. The van der Waals surface area contributed by atoms with Crippen LogP contribution in [0.4, 0.5) is 17.3 Å². The van der Waals surface area contributed by atoms with Crippen LogP contribution in [0.15, 0.2) is 54.9 Å². The molecule has 0 aliphatic carbocycles. The van der Waals surface area contributed by atoms with Gasteiger partial charge in [-0.25, -0.2) is 4.98 Å². The summed E-state index contributed by atoms with van der Waals surface area (Å²) < 4.78 is 10.6. The van der Waals surface area contributed by atoms with E-state index in [1.165, 1.54) is 6.07 Å². The van der Waals surface area contributed by atoms with Gasteiger partial charge in [-0.1, -0.05) is 6.07 Å². The van der Waals surface area contributed by atoms with Crippen molar-refractivity contribution in [3.63, 3.8) is 0 Å². The van der Waals surface area contributed by atoms with Gasteiger partial charge in [0.05, 0.1) is 25.2 Å². The van der Waals surface area contributed by atoms with Crippen LogP contribution >= 0.6 is 0 Å². The molecule has 0 saturated carbocycles. The van der Waals surface area contributed by atoms with Crippen LogP contribution in [0.3, 0.4) is 0 Å². The largest absolute Gasteiger partial charge is 0.497 e. The Morgan fingerprint density at radius 2 is 2.00 bits per heavy atom. The molecule has 1 aromatic carbocycles. The number of nitrogens with one attached hydrogen (secondary N) is 2. The summed E-state index contributed by atoms with van der Waals surface area (Å²) in [5.41, 5.74) is 1.70. The molecule has 9 nitrogen and oxygen atoms in total. The van der Waals surface area contributed by atoms with Crippen LogP contribution in [0.25, 0.3) is 0 Å². The summed E-state index contributed by atoms with van der Waals surface area (Å²) in [5, 5.41) is 17.7. The lowest BCUT2D eigenvalue weighted by Gasteiger charge is -2.16. The summed E-state index contributed by atoms with van der Waals surface area (Å²) in [4.78, 5) is 19.5. The number of pyridine rings is 2. The predicted octanol–water partition coefficient (Wildman–Crippen LogP) is 4.19. The Morgan fingerprint density at radius 3 is 2.67 bits per heavy atom. The Balaban J connectivity index is 1.80. The maximum Gasteiger partial charge on any atom is 0.311 e. The van der Waals surface area contributed by atoms with E-state index in [1.54, 1.807) is 38.7 Å². The summed E-state index contributed by atoms with van der Waals surface area (Å²) >= 11 is 0. The van der Waals surface area contributed by atoms with Crippen molar-refractivity contribution in [3.8, 4) is 11.5 Å². The van der Waals surface area contributed by atoms with Gasteiger partial charge in [0, 0.05) is 36.6 Å². The Kier molecular flexibility index (Phi) is 6.63. The van der Waals surface area contributed by atoms with Crippen molar-refractivity contribution < 1.29 is 14.4 Å². The molecule has 2 heterocycles. The van der Waals surface area contributed by atoms with Gasteiger partial charge < -0.3 is 20.1 Å². The zero-order valence-electron chi connectivity index (χ0n) is 17.0. The number of nitrogens with zero attached hydrogens (tertiary/aromatic N) is 3. The molecule has 1 unspecified atom stereocenters. The van der Waals surface area contributed by atoms with E-state index in [9.17, 15) is 10.1 Å². The number of hydrogen-bond donors (Lipinski definition) is 2. The van der Waals surface area contributed by atoms with Crippen LogP contribution in [0.1, 0.15) is 24.1 Å². The molecule has 0 saturated heterocycles. The van der Waals surface area contributed by atoms with Crippen LogP contribution in [0, 0.1) is 10.1 Å². The third kappa shape index (κ3) is 4.93. The van der Waals surface area contributed by atoms with Crippen molar-refractivity contribution in [2.24, 2.45) is 0 Å². The molecule has 156 valence electrons. The molecule has 30 heavy (non-hydrogen) atoms. The SMILES string of the molecule is COc1ccc(CNc2ccc([N+](=O)[O-])c(NC(C)c3cccnc3)n2)c(OC)c1. The third-order valence-corrected chi connectivity index (χ3v) is 4.56. The van der Waals surface area contributed by atoms with Crippen molar-refractivity contribution >= 4 is 17.3 Å². The van der Waals surface area contributed by atoms with E-state index < -0.39 is 4.92 Å². The van der Waals surface area contributed by atoms with Gasteiger partial charge in [0.1, 0.15) is 17.3 Å². The number of methoxy groups -OCH3 is 2. The fraction of sp³-hybridized carbons (Fsp3) is 0.238. The molecule has 0 spiro atoms. The minimum Gasteiger partial charge on any atom is -0.497 e. The lowest BCUT2D eigenvalue weighted by atomic mass is 10.1. The van der Waals surface area contributed by atoms with Gasteiger partial charge in [-0.05, 0) is 36.8 Å². The average Bonchev–Trinajstić information content (AvgIpc) is 2.78. The number of ether oxygens (including phenoxy) is 2. The van der Waals surface area contributed by atoms with E-state index in [4.69, 9.17) is 9.47 Å². The van der Waals surface area contributed by atoms with Crippen molar-refractivity contribution in [1.82, 2.24) is 9.97 Å². The molecule has 3 aromatic rings. The first-order valence-electron chi connectivity index (χ1n) is 9.28. The van der Waals surface area contributed by atoms with Gasteiger partial charge in [0.2, 0.25) is 5.82 Å². The molecule has 1 atom stereocenters. The fourth-order valence-electron chi connectivity index (χ4n) is 2.91. The van der Waals surface area contributed by atoms with E-state index in [2.05, 4.69) is 20.6 Å². The van der Waals surface area contributed by atoms with Crippen LogP contribution in [-0.4, -0.2) is 29.1 Å². The minimum atomic E-state index is -0.457. The zero-order chi connectivity index (χ0) is 21.5. The number of nitro groups is 1. The first-order valence-corrected chi connectivity index (χ1v) is 9.28. The van der Waals surface area contributed by atoms with Crippen molar-refractivity contribution in [3.05, 3.63) is 76.1 Å². The highest BCUT2D eigenvalue weighted by molar-refractivity contribution is 5.61. The number of hydrogen-bond acceptors (Lipinski definition) is 8. The first kappa shape index (κ1) is 20.8. The van der Waals surface area contributed by atoms with Crippen LogP contribution in [0.5, 0.6) is 11.5 Å². The van der Waals surface area contributed by atoms with Gasteiger partial charge in [0.15, 0.2) is 0 Å². The van der Waals surface area contributed by atoms with Crippen molar-refractivity contribution in [1.29, 1.82) is 0 Å². The monoisotopic (exact) mass is 409 g/mol. The van der Waals surface area contributed by atoms with E-state index in [0.717, 1.165) is 11.1 Å². The maximum absolute atomic E-state index is 11.4. The fourth-order valence-corrected chi connectivity index (χ4v) is 2.91. The maximum atomic E-state index is 11.4. The first-order chi connectivity index (χ1) is 14.5. The second kappa shape index (κ2) is 9.55. The minimum absolute atomic E-state index is 0.0988. The highest BCUT2D eigenvalue weighted by atomic mass is 16.6. The summed E-state index contributed by atoms with van der Waals surface area (Å²) in [6.07, 6.45) is 3.39. The van der Waals surface area contributed by atoms with Crippen LogP contribution in [-0.2, 0) is 6.54 Å². The van der Waals surface area contributed by atoms with Crippen LogP contribution < -0.4 is 20.1 Å². The van der Waals surface area contributed by atoms with E-state index in [0.29, 0.717) is 23.9 Å².